The van der Waals surface area contributed by atoms with E-state index in [0.717, 1.165) is 21.9 Å². The van der Waals surface area contributed by atoms with E-state index in [1.165, 1.54) is 29.9 Å². The van der Waals surface area contributed by atoms with Crippen LogP contribution in [0.15, 0.2) is 10.5 Å². The van der Waals surface area contributed by atoms with Gasteiger partial charge in [-0.15, -0.1) is 11.3 Å². The van der Waals surface area contributed by atoms with Crippen LogP contribution in [0, 0.1) is 0 Å². The Labute approximate surface area is 119 Å². The van der Waals surface area contributed by atoms with Gasteiger partial charge in [0.15, 0.2) is 0 Å². The highest BCUT2D eigenvalue weighted by Crippen LogP contribution is 2.31. The molecule has 0 fully saturated rings. The minimum atomic E-state index is 0.844. The van der Waals surface area contributed by atoms with Crippen LogP contribution in [0.2, 0.25) is 4.34 Å². The minimum absolute atomic E-state index is 0.844. The van der Waals surface area contributed by atoms with Crippen molar-refractivity contribution < 1.29 is 0 Å². The van der Waals surface area contributed by atoms with Crippen LogP contribution in [0.5, 0.6) is 0 Å². The molecular formula is C11H17BrClNS2. The quantitative estimate of drug-likeness (QED) is 0.682. The fourth-order valence-corrected chi connectivity index (χ4v) is 3.62. The van der Waals surface area contributed by atoms with Gasteiger partial charge < -0.3 is 5.32 Å². The van der Waals surface area contributed by atoms with E-state index in [0.29, 0.717) is 0 Å². The molecule has 1 aromatic rings. The maximum atomic E-state index is 5.97. The molecule has 0 unspecified atom stereocenters. The lowest BCUT2D eigenvalue weighted by Crippen LogP contribution is -2.13. The number of hydrogen-bond acceptors (Lipinski definition) is 3. The maximum absolute atomic E-state index is 5.97. The van der Waals surface area contributed by atoms with Crippen molar-refractivity contribution in [2.24, 2.45) is 0 Å². The number of hydrogen-bond donors (Lipinski definition) is 1. The number of unbranched alkanes of at least 4 members (excludes halogenated alkanes) is 2. The van der Waals surface area contributed by atoms with Crippen LogP contribution in [0.4, 0.5) is 0 Å². The van der Waals surface area contributed by atoms with Crippen LogP contribution in [-0.4, -0.2) is 18.6 Å². The zero-order valence-electron chi connectivity index (χ0n) is 9.39. The minimum Gasteiger partial charge on any atom is -0.312 e. The Bertz CT molecular complexity index is 285. The van der Waals surface area contributed by atoms with Gasteiger partial charge in [0.25, 0.3) is 0 Å². The highest BCUT2D eigenvalue weighted by atomic mass is 79.9. The third-order valence-electron chi connectivity index (χ3n) is 2.20. The van der Waals surface area contributed by atoms with Gasteiger partial charge in [0.1, 0.15) is 4.34 Å². The van der Waals surface area contributed by atoms with E-state index in [9.17, 15) is 0 Å². The van der Waals surface area contributed by atoms with E-state index < -0.39 is 0 Å². The predicted octanol–water partition coefficient (Wildman–Crippen LogP) is 4.79. The van der Waals surface area contributed by atoms with Gasteiger partial charge in [-0.05, 0) is 53.4 Å². The predicted molar refractivity (Wildman–Crippen MR) is 81.0 cm³/mol. The molecule has 16 heavy (non-hydrogen) atoms. The molecule has 0 radical (unpaired) electrons. The molecule has 0 aliphatic carbocycles. The van der Waals surface area contributed by atoms with E-state index >= 15 is 0 Å². The summed E-state index contributed by atoms with van der Waals surface area (Å²) in [5, 5.41) is 3.44. The molecule has 0 aliphatic heterocycles. The summed E-state index contributed by atoms with van der Waals surface area (Å²) in [6.45, 7) is 2.03. The monoisotopic (exact) mass is 341 g/mol. The van der Waals surface area contributed by atoms with Crippen molar-refractivity contribution in [1.82, 2.24) is 5.32 Å². The largest absolute Gasteiger partial charge is 0.312 e. The summed E-state index contributed by atoms with van der Waals surface area (Å²) < 4.78 is 1.85. The second kappa shape index (κ2) is 8.81. The van der Waals surface area contributed by atoms with Crippen LogP contribution in [0.1, 0.15) is 24.1 Å². The molecule has 0 bridgehead atoms. The molecule has 0 spiro atoms. The summed E-state index contributed by atoms with van der Waals surface area (Å²) in [4.78, 5) is 1.29. The Morgan fingerprint density at radius 1 is 1.44 bits per heavy atom. The molecule has 1 nitrogen and oxygen atoms in total. The van der Waals surface area contributed by atoms with Crippen molar-refractivity contribution in [3.63, 3.8) is 0 Å². The number of thioether (sulfide) groups is 1. The highest BCUT2D eigenvalue weighted by Gasteiger charge is 2.03. The normalized spacial score (nSPS) is 10.9. The molecule has 1 rings (SSSR count). The van der Waals surface area contributed by atoms with Gasteiger partial charge in [0.05, 0.1) is 0 Å². The van der Waals surface area contributed by atoms with Gasteiger partial charge in [0, 0.05) is 15.9 Å². The van der Waals surface area contributed by atoms with Crippen molar-refractivity contribution >= 4 is 50.6 Å². The molecule has 0 saturated heterocycles. The Morgan fingerprint density at radius 2 is 2.25 bits per heavy atom. The molecule has 1 N–H and O–H groups in total. The zero-order chi connectivity index (χ0) is 11.8. The molecule has 0 aromatic carbocycles. The molecule has 0 saturated carbocycles. The summed E-state index contributed by atoms with van der Waals surface area (Å²) in [6.07, 6.45) is 6.08. The average Bonchev–Trinajstić information content (AvgIpc) is 2.57. The third kappa shape index (κ3) is 5.92. The van der Waals surface area contributed by atoms with Gasteiger partial charge in [-0.1, -0.05) is 18.0 Å². The Balaban J connectivity index is 2.03. The van der Waals surface area contributed by atoms with Crippen molar-refractivity contribution in [3.05, 3.63) is 19.8 Å². The summed E-state index contributed by atoms with van der Waals surface area (Å²) in [5.74, 6) is 1.29. The first-order valence-corrected chi connectivity index (χ1v) is 8.75. The molecule has 0 amide bonds. The van der Waals surface area contributed by atoms with E-state index in [1.54, 1.807) is 11.3 Å². The molecule has 1 aromatic heterocycles. The third-order valence-corrected chi connectivity index (χ3v) is 5.37. The van der Waals surface area contributed by atoms with Gasteiger partial charge in [-0.3, -0.25) is 0 Å². The van der Waals surface area contributed by atoms with Gasteiger partial charge in [-0.25, -0.2) is 0 Å². The summed E-state index contributed by atoms with van der Waals surface area (Å²) in [7, 11) is 0. The van der Waals surface area contributed by atoms with E-state index in [2.05, 4.69) is 33.6 Å². The SMILES string of the molecule is CSCCCCCNCc1cc(Br)c(Cl)s1. The lowest BCUT2D eigenvalue weighted by Gasteiger charge is -2.02. The second-order valence-electron chi connectivity index (χ2n) is 3.56. The van der Waals surface area contributed by atoms with E-state index in [1.807, 2.05) is 11.8 Å². The smallest absolute Gasteiger partial charge is 0.107 e. The van der Waals surface area contributed by atoms with Gasteiger partial charge in [-0.2, -0.15) is 11.8 Å². The van der Waals surface area contributed by atoms with Gasteiger partial charge >= 0.3 is 0 Å². The summed E-state index contributed by atoms with van der Waals surface area (Å²) >= 11 is 13.0. The van der Waals surface area contributed by atoms with Crippen LogP contribution >= 0.6 is 50.6 Å². The first kappa shape index (κ1) is 14.8. The Morgan fingerprint density at radius 3 is 2.88 bits per heavy atom. The molecular weight excluding hydrogens is 326 g/mol. The highest BCUT2D eigenvalue weighted by molar-refractivity contribution is 9.10. The van der Waals surface area contributed by atoms with Crippen LogP contribution in [0.3, 0.4) is 0 Å². The summed E-state index contributed by atoms with van der Waals surface area (Å²) in [5.41, 5.74) is 0. The number of rotatable bonds is 8. The first-order valence-electron chi connectivity index (χ1n) is 5.37. The van der Waals surface area contributed by atoms with Crippen LogP contribution in [-0.2, 0) is 6.54 Å². The molecule has 0 aliphatic rings. The number of nitrogens with one attached hydrogen (secondary N) is 1. The standard InChI is InChI=1S/C11H17BrClNS2/c1-15-6-4-2-3-5-14-8-9-7-10(12)11(13)16-9/h7,14H,2-6,8H2,1H3. The topological polar surface area (TPSA) is 12.0 Å². The molecule has 1 heterocycles. The summed E-state index contributed by atoms with van der Waals surface area (Å²) in [6, 6.07) is 2.09. The van der Waals surface area contributed by atoms with Crippen molar-refractivity contribution in [1.29, 1.82) is 0 Å². The Kier molecular flexibility index (Phi) is 8.17. The van der Waals surface area contributed by atoms with E-state index in [4.69, 9.17) is 11.6 Å². The van der Waals surface area contributed by atoms with Crippen molar-refractivity contribution in [2.45, 2.75) is 25.8 Å². The average molecular weight is 343 g/mol. The molecule has 92 valence electrons. The first-order chi connectivity index (χ1) is 7.74. The van der Waals surface area contributed by atoms with Crippen LogP contribution < -0.4 is 5.32 Å². The number of halogens is 2. The fourth-order valence-electron chi connectivity index (χ4n) is 1.36. The second-order valence-corrected chi connectivity index (χ2v) is 7.14. The lowest BCUT2D eigenvalue weighted by molar-refractivity contribution is 0.622. The van der Waals surface area contributed by atoms with Gasteiger partial charge in [0.2, 0.25) is 0 Å². The zero-order valence-corrected chi connectivity index (χ0v) is 13.4. The Hall–Kier alpha value is 0.780. The molecule has 0 atom stereocenters. The van der Waals surface area contributed by atoms with Crippen molar-refractivity contribution in [2.75, 3.05) is 18.6 Å². The van der Waals surface area contributed by atoms with E-state index in [-0.39, 0.29) is 0 Å². The number of thiophene rings is 1. The maximum Gasteiger partial charge on any atom is 0.107 e. The van der Waals surface area contributed by atoms with Crippen LogP contribution in [0.25, 0.3) is 0 Å². The molecule has 5 heteroatoms. The fraction of sp³-hybridized carbons (Fsp3) is 0.636. The van der Waals surface area contributed by atoms with Crippen molar-refractivity contribution in [3.8, 4) is 0 Å². The lowest BCUT2D eigenvalue weighted by atomic mass is 10.2.